The van der Waals surface area contributed by atoms with Gasteiger partial charge in [0.25, 0.3) is 0 Å². The smallest absolute Gasteiger partial charge is 0.237 e. The largest absolute Gasteiger partial charge is 0.246 e. The number of halogens is 2. The molecule has 3 aromatic rings. The number of nitrogens with zero attached hydrogens (tertiary/aromatic N) is 3. The molecule has 0 amide bonds. The maximum atomic E-state index is 13.7. The Morgan fingerprint density at radius 2 is 1.81 bits per heavy atom. The molecule has 2 heterocycles. The third-order valence-electron chi connectivity index (χ3n) is 3.69. The summed E-state index contributed by atoms with van der Waals surface area (Å²) in [6.07, 6.45) is 1.48. The molecule has 9 heteroatoms. The van der Waals surface area contributed by atoms with E-state index in [2.05, 4.69) is 14.8 Å². The van der Waals surface area contributed by atoms with Gasteiger partial charge in [0, 0.05) is 18.4 Å². The van der Waals surface area contributed by atoms with Crippen LogP contribution >= 0.6 is 0 Å². The van der Waals surface area contributed by atoms with Crippen LogP contribution in [0.5, 0.6) is 0 Å². The molecule has 0 atom stereocenters. The molecule has 0 bridgehead atoms. The van der Waals surface area contributed by atoms with E-state index in [9.17, 15) is 17.2 Å². The SMILES string of the molecule is Cc1cc(C)n(-c2ccc(CNS(=O)(=O)c3c(F)cccc3F)cn2)n1. The first-order valence-corrected chi connectivity index (χ1v) is 9.18. The molecule has 2 aromatic heterocycles. The Labute approximate surface area is 149 Å². The first-order valence-electron chi connectivity index (χ1n) is 7.70. The van der Waals surface area contributed by atoms with Crippen LogP contribution in [0.15, 0.2) is 47.5 Å². The second kappa shape index (κ2) is 6.93. The topological polar surface area (TPSA) is 76.9 Å². The van der Waals surface area contributed by atoms with E-state index in [-0.39, 0.29) is 6.54 Å². The van der Waals surface area contributed by atoms with Crippen molar-refractivity contribution < 1.29 is 17.2 Å². The van der Waals surface area contributed by atoms with Gasteiger partial charge < -0.3 is 0 Å². The summed E-state index contributed by atoms with van der Waals surface area (Å²) in [5.41, 5.74) is 2.31. The van der Waals surface area contributed by atoms with Crippen molar-refractivity contribution in [1.29, 1.82) is 0 Å². The highest BCUT2D eigenvalue weighted by molar-refractivity contribution is 7.89. The molecule has 0 saturated heterocycles. The number of pyridine rings is 1. The highest BCUT2D eigenvalue weighted by atomic mass is 32.2. The summed E-state index contributed by atoms with van der Waals surface area (Å²) in [6, 6.07) is 8.15. The zero-order valence-corrected chi connectivity index (χ0v) is 14.9. The van der Waals surface area contributed by atoms with Crippen LogP contribution in [0.3, 0.4) is 0 Å². The minimum atomic E-state index is -4.33. The number of nitrogens with one attached hydrogen (secondary N) is 1. The molecule has 1 aromatic carbocycles. The zero-order valence-electron chi connectivity index (χ0n) is 14.1. The molecule has 0 unspecified atom stereocenters. The van der Waals surface area contributed by atoms with Gasteiger partial charge in [-0.15, -0.1) is 0 Å². The van der Waals surface area contributed by atoms with Crippen LogP contribution in [-0.4, -0.2) is 23.2 Å². The fraction of sp³-hybridized carbons (Fsp3) is 0.176. The lowest BCUT2D eigenvalue weighted by Crippen LogP contribution is -2.25. The summed E-state index contributed by atoms with van der Waals surface area (Å²) in [5.74, 6) is -1.70. The van der Waals surface area contributed by atoms with Crippen LogP contribution in [0.2, 0.25) is 0 Å². The van der Waals surface area contributed by atoms with Crippen molar-refractivity contribution in [3.8, 4) is 5.82 Å². The number of rotatable bonds is 5. The molecule has 0 radical (unpaired) electrons. The average molecular weight is 378 g/mol. The van der Waals surface area contributed by atoms with Gasteiger partial charge in [-0.25, -0.2) is 31.6 Å². The highest BCUT2D eigenvalue weighted by Gasteiger charge is 2.23. The Bertz CT molecular complexity index is 1030. The van der Waals surface area contributed by atoms with Crippen molar-refractivity contribution in [1.82, 2.24) is 19.5 Å². The van der Waals surface area contributed by atoms with Gasteiger partial charge in [0.1, 0.15) is 11.6 Å². The third kappa shape index (κ3) is 3.63. The molecular weight excluding hydrogens is 362 g/mol. The normalized spacial score (nSPS) is 11.7. The second-order valence-electron chi connectivity index (χ2n) is 5.74. The van der Waals surface area contributed by atoms with E-state index in [1.54, 1.807) is 16.8 Å². The van der Waals surface area contributed by atoms with Gasteiger partial charge in [-0.3, -0.25) is 0 Å². The molecular formula is C17H16F2N4O2S. The van der Waals surface area contributed by atoms with E-state index >= 15 is 0 Å². The quantitative estimate of drug-likeness (QED) is 0.741. The van der Waals surface area contributed by atoms with Crippen LogP contribution in [0, 0.1) is 25.5 Å². The minimum absolute atomic E-state index is 0.152. The minimum Gasteiger partial charge on any atom is -0.237 e. The maximum absolute atomic E-state index is 13.7. The van der Waals surface area contributed by atoms with Gasteiger partial charge >= 0.3 is 0 Å². The van der Waals surface area contributed by atoms with Crippen LogP contribution in [0.4, 0.5) is 8.78 Å². The highest BCUT2D eigenvalue weighted by Crippen LogP contribution is 2.18. The average Bonchev–Trinajstić information content (AvgIpc) is 2.91. The molecule has 0 aliphatic rings. The Morgan fingerprint density at radius 1 is 1.12 bits per heavy atom. The van der Waals surface area contributed by atoms with E-state index in [0.717, 1.165) is 29.6 Å². The maximum Gasteiger partial charge on any atom is 0.246 e. The summed E-state index contributed by atoms with van der Waals surface area (Å²) in [6.45, 7) is 3.61. The molecule has 0 aliphatic carbocycles. The number of benzene rings is 1. The summed E-state index contributed by atoms with van der Waals surface area (Å²) >= 11 is 0. The van der Waals surface area contributed by atoms with Crippen molar-refractivity contribution in [2.75, 3.05) is 0 Å². The van der Waals surface area contributed by atoms with E-state index in [1.807, 2.05) is 19.9 Å². The van der Waals surface area contributed by atoms with Crippen molar-refractivity contribution in [2.45, 2.75) is 25.3 Å². The molecule has 1 N–H and O–H groups in total. The molecule has 26 heavy (non-hydrogen) atoms. The van der Waals surface area contributed by atoms with Gasteiger partial charge in [-0.2, -0.15) is 5.10 Å². The zero-order chi connectivity index (χ0) is 18.9. The van der Waals surface area contributed by atoms with Gasteiger partial charge in [0.15, 0.2) is 10.7 Å². The lowest BCUT2D eigenvalue weighted by atomic mass is 10.3. The van der Waals surface area contributed by atoms with Gasteiger partial charge in [0.2, 0.25) is 10.0 Å². The number of sulfonamides is 1. The number of aromatic nitrogens is 3. The summed E-state index contributed by atoms with van der Waals surface area (Å²) in [7, 11) is -4.33. The summed E-state index contributed by atoms with van der Waals surface area (Å²) < 4.78 is 55.5. The fourth-order valence-electron chi connectivity index (χ4n) is 2.50. The monoisotopic (exact) mass is 378 g/mol. The molecule has 0 aliphatic heterocycles. The van der Waals surface area contributed by atoms with Crippen molar-refractivity contribution in [3.63, 3.8) is 0 Å². The van der Waals surface area contributed by atoms with Gasteiger partial charge in [-0.05, 0) is 43.7 Å². The Morgan fingerprint density at radius 3 is 2.35 bits per heavy atom. The molecule has 3 rings (SSSR count). The standard InChI is InChI=1S/C17H16F2N4O2S/c1-11-8-12(2)23(22-11)16-7-6-13(9-20-16)10-21-26(24,25)17-14(18)4-3-5-15(17)19/h3-9,21H,10H2,1-2H3. The Kier molecular flexibility index (Phi) is 4.84. The predicted molar refractivity (Wildman–Crippen MR) is 91.2 cm³/mol. The summed E-state index contributed by atoms with van der Waals surface area (Å²) in [5, 5.41) is 4.31. The van der Waals surface area contributed by atoms with E-state index < -0.39 is 26.6 Å². The van der Waals surface area contributed by atoms with E-state index in [4.69, 9.17) is 0 Å². The number of hydrogen-bond donors (Lipinski definition) is 1. The predicted octanol–water partition coefficient (Wildman–Crippen LogP) is 2.64. The van der Waals surface area contributed by atoms with E-state index in [1.165, 1.54) is 6.20 Å². The van der Waals surface area contributed by atoms with Gasteiger partial charge in [0.05, 0.1) is 5.69 Å². The number of hydrogen-bond acceptors (Lipinski definition) is 4. The van der Waals surface area contributed by atoms with Gasteiger partial charge in [-0.1, -0.05) is 12.1 Å². The Balaban J connectivity index is 1.77. The van der Waals surface area contributed by atoms with E-state index in [0.29, 0.717) is 11.4 Å². The second-order valence-corrected chi connectivity index (χ2v) is 7.44. The molecule has 0 spiro atoms. The third-order valence-corrected chi connectivity index (χ3v) is 5.14. The lowest BCUT2D eigenvalue weighted by Gasteiger charge is -2.09. The first kappa shape index (κ1) is 18.2. The first-order chi connectivity index (χ1) is 12.3. The van der Waals surface area contributed by atoms with Crippen molar-refractivity contribution >= 4 is 10.0 Å². The lowest BCUT2D eigenvalue weighted by molar-refractivity contribution is 0.514. The summed E-state index contributed by atoms with van der Waals surface area (Å²) in [4.78, 5) is 3.26. The van der Waals surface area contributed by atoms with Crippen LogP contribution < -0.4 is 4.72 Å². The Hall–Kier alpha value is -2.65. The van der Waals surface area contributed by atoms with Crippen molar-refractivity contribution in [2.24, 2.45) is 0 Å². The fourth-order valence-corrected chi connectivity index (χ4v) is 3.65. The molecule has 136 valence electrons. The molecule has 6 nitrogen and oxygen atoms in total. The van der Waals surface area contributed by atoms with Crippen LogP contribution in [0.25, 0.3) is 5.82 Å². The molecule has 0 fully saturated rings. The number of aryl methyl sites for hydroxylation is 2. The van der Waals surface area contributed by atoms with Crippen LogP contribution in [0.1, 0.15) is 17.0 Å². The molecule has 0 saturated carbocycles. The van der Waals surface area contributed by atoms with Crippen LogP contribution in [-0.2, 0) is 16.6 Å². The van der Waals surface area contributed by atoms with Crippen molar-refractivity contribution in [3.05, 3.63) is 71.2 Å².